The lowest BCUT2D eigenvalue weighted by Gasteiger charge is -2.20. The standard InChI is InChI=1S/C23H24N2O/c1-17-13-15-21(16-14-17)25-23(26)22(20-11-7-4-8-12-20)24-18(2)19-9-5-3-6-10-19/h3-16,18,22,24H,1-2H3,(H,25,26)/p+1/t18-,22-/m1/s1. The second-order valence-electron chi connectivity index (χ2n) is 6.64. The molecule has 0 saturated heterocycles. The molecular weight excluding hydrogens is 320 g/mol. The lowest BCUT2D eigenvalue weighted by atomic mass is 10.0. The van der Waals surface area contributed by atoms with Gasteiger partial charge >= 0.3 is 0 Å². The second-order valence-corrected chi connectivity index (χ2v) is 6.64. The first kappa shape index (κ1) is 17.9. The first-order valence-corrected chi connectivity index (χ1v) is 8.96. The minimum atomic E-state index is -0.312. The summed E-state index contributed by atoms with van der Waals surface area (Å²) in [6.07, 6.45) is 0. The van der Waals surface area contributed by atoms with Crippen molar-refractivity contribution in [3.8, 4) is 0 Å². The van der Waals surface area contributed by atoms with Gasteiger partial charge in [0.05, 0.1) is 0 Å². The molecule has 0 aliphatic heterocycles. The SMILES string of the molecule is Cc1ccc(NC(=O)[C@H]([NH2+][C@H](C)c2ccccc2)c2ccccc2)cc1. The third-order valence-electron chi connectivity index (χ3n) is 4.57. The third-order valence-corrected chi connectivity index (χ3v) is 4.57. The molecule has 0 aliphatic rings. The molecule has 0 saturated carbocycles. The van der Waals surface area contributed by atoms with Gasteiger partial charge < -0.3 is 10.6 Å². The zero-order chi connectivity index (χ0) is 18.4. The first-order chi connectivity index (χ1) is 12.6. The Morgan fingerprint density at radius 1 is 0.808 bits per heavy atom. The molecule has 132 valence electrons. The van der Waals surface area contributed by atoms with E-state index in [0.29, 0.717) is 0 Å². The van der Waals surface area contributed by atoms with Gasteiger partial charge in [0.2, 0.25) is 0 Å². The van der Waals surface area contributed by atoms with Crippen molar-refractivity contribution >= 4 is 11.6 Å². The Balaban J connectivity index is 1.81. The number of carbonyl (C=O) groups excluding carboxylic acids is 1. The van der Waals surface area contributed by atoms with Crippen molar-refractivity contribution in [1.29, 1.82) is 0 Å². The molecule has 3 heteroatoms. The summed E-state index contributed by atoms with van der Waals surface area (Å²) in [6.45, 7) is 4.16. The van der Waals surface area contributed by atoms with Crippen molar-refractivity contribution in [2.45, 2.75) is 25.9 Å². The van der Waals surface area contributed by atoms with E-state index in [0.717, 1.165) is 11.3 Å². The molecule has 3 aromatic carbocycles. The topological polar surface area (TPSA) is 45.7 Å². The van der Waals surface area contributed by atoms with E-state index < -0.39 is 0 Å². The monoisotopic (exact) mass is 345 g/mol. The molecule has 3 aromatic rings. The van der Waals surface area contributed by atoms with Gasteiger partial charge in [0, 0.05) is 16.8 Å². The number of aryl methyl sites for hydroxylation is 1. The summed E-state index contributed by atoms with van der Waals surface area (Å²) in [5, 5.41) is 5.17. The highest BCUT2D eigenvalue weighted by molar-refractivity contribution is 5.94. The number of carbonyl (C=O) groups is 1. The Hall–Kier alpha value is -2.91. The van der Waals surface area contributed by atoms with Crippen LogP contribution in [0.15, 0.2) is 84.9 Å². The predicted molar refractivity (Wildman–Crippen MR) is 106 cm³/mol. The van der Waals surface area contributed by atoms with E-state index in [2.05, 4.69) is 29.7 Å². The molecule has 1 amide bonds. The van der Waals surface area contributed by atoms with Crippen LogP contribution >= 0.6 is 0 Å². The fourth-order valence-corrected chi connectivity index (χ4v) is 3.02. The summed E-state index contributed by atoms with van der Waals surface area (Å²) in [5.74, 6) is -0.0113. The van der Waals surface area contributed by atoms with Crippen LogP contribution in [0.2, 0.25) is 0 Å². The summed E-state index contributed by atoms with van der Waals surface area (Å²) >= 11 is 0. The van der Waals surface area contributed by atoms with Crippen LogP contribution in [0, 0.1) is 6.92 Å². The van der Waals surface area contributed by atoms with Crippen molar-refractivity contribution in [1.82, 2.24) is 0 Å². The molecule has 3 nitrogen and oxygen atoms in total. The molecule has 3 rings (SSSR count). The fraction of sp³-hybridized carbons (Fsp3) is 0.174. The Morgan fingerprint density at radius 2 is 1.35 bits per heavy atom. The Labute approximate surface area is 155 Å². The molecule has 0 unspecified atom stereocenters. The van der Waals surface area contributed by atoms with Gasteiger partial charge in [0.1, 0.15) is 6.04 Å². The number of nitrogens with two attached hydrogens (primary N) is 1. The Bertz CT molecular complexity index is 829. The van der Waals surface area contributed by atoms with Crippen LogP contribution < -0.4 is 10.6 Å². The number of benzene rings is 3. The molecule has 0 radical (unpaired) electrons. The van der Waals surface area contributed by atoms with Gasteiger partial charge in [-0.2, -0.15) is 0 Å². The zero-order valence-electron chi connectivity index (χ0n) is 15.2. The van der Waals surface area contributed by atoms with Crippen LogP contribution in [0.3, 0.4) is 0 Å². The summed E-state index contributed by atoms with van der Waals surface area (Å²) in [5.41, 5.74) is 4.20. The summed E-state index contributed by atoms with van der Waals surface area (Å²) in [4.78, 5) is 13.0. The molecule has 26 heavy (non-hydrogen) atoms. The van der Waals surface area contributed by atoms with Crippen LogP contribution in [0.25, 0.3) is 0 Å². The molecular formula is C23H25N2O+. The molecule has 0 aliphatic carbocycles. The van der Waals surface area contributed by atoms with E-state index in [1.165, 1.54) is 11.1 Å². The quantitative estimate of drug-likeness (QED) is 0.697. The number of hydrogen-bond donors (Lipinski definition) is 2. The lowest BCUT2D eigenvalue weighted by Crippen LogP contribution is -2.87. The minimum Gasteiger partial charge on any atom is -0.326 e. The van der Waals surface area contributed by atoms with Gasteiger partial charge in [-0.15, -0.1) is 0 Å². The normalized spacial score (nSPS) is 13.0. The van der Waals surface area contributed by atoms with Gasteiger partial charge in [-0.05, 0) is 26.0 Å². The van der Waals surface area contributed by atoms with Crippen molar-refractivity contribution in [3.05, 3.63) is 102 Å². The van der Waals surface area contributed by atoms with Crippen molar-refractivity contribution in [2.24, 2.45) is 0 Å². The third kappa shape index (κ3) is 4.58. The number of quaternary nitrogens is 1. The second kappa shape index (κ2) is 8.45. The number of amides is 1. The number of nitrogens with one attached hydrogen (secondary N) is 1. The molecule has 0 spiro atoms. The highest BCUT2D eigenvalue weighted by atomic mass is 16.2. The zero-order valence-corrected chi connectivity index (χ0v) is 15.2. The first-order valence-electron chi connectivity index (χ1n) is 8.96. The van der Waals surface area contributed by atoms with E-state index in [-0.39, 0.29) is 18.0 Å². The Morgan fingerprint density at radius 3 is 1.92 bits per heavy atom. The Kier molecular flexibility index (Phi) is 5.82. The average Bonchev–Trinajstić information content (AvgIpc) is 2.69. The molecule has 0 aromatic heterocycles. The minimum absolute atomic E-state index is 0.0113. The van der Waals surface area contributed by atoms with E-state index in [1.54, 1.807) is 0 Å². The van der Waals surface area contributed by atoms with Crippen molar-refractivity contribution in [2.75, 3.05) is 5.32 Å². The van der Waals surface area contributed by atoms with Crippen LogP contribution in [0.5, 0.6) is 0 Å². The van der Waals surface area contributed by atoms with Gasteiger partial charge in [-0.3, -0.25) is 4.79 Å². The van der Waals surface area contributed by atoms with Crippen LogP contribution in [0.1, 0.15) is 35.7 Å². The van der Waals surface area contributed by atoms with Crippen molar-refractivity contribution in [3.63, 3.8) is 0 Å². The predicted octanol–water partition coefficient (Wildman–Crippen LogP) is 4.00. The van der Waals surface area contributed by atoms with Gasteiger partial charge in [-0.1, -0.05) is 78.4 Å². The maximum absolute atomic E-state index is 13.0. The maximum atomic E-state index is 13.0. The molecule has 2 atom stereocenters. The van der Waals surface area contributed by atoms with Gasteiger partial charge in [-0.25, -0.2) is 0 Å². The van der Waals surface area contributed by atoms with Crippen LogP contribution in [-0.2, 0) is 4.79 Å². The summed E-state index contributed by atoms with van der Waals surface area (Å²) in [6, 6.07) is 28.0. The molecule has 3 N–H and O–H groups in total. The van der Waals surface area contributed by atoms with Crippen LogP contribution in [-0.4, -0.2) is 5.91 Å². The number of rotatable bonds is 6. The highest BCUT2D eigenvalue weighted by Crippen LogP contribution is 2.16. The largest absolute Gasteiger partial charge is 0.326 e. The maximum Gasteiger partial charge on any atom is 0.287 e. The van der Waals surface area contributed by atoms with E-state index >= 15 is 0 Å². The van der Waals surface area contributed by atoms with E-state index in [1.807, 2.05) is 79.7 Å². The van der Waals surface area contributed by atoms with Gasteiger partial charge in [0.25, 0.3) is 5.91 Å². The lowest BCUT2D eigenvalue weighted by molar-refractivity contribution is -0.718. The van der Waals surface area contributed by atoms with E-state index in [4.69, 9.17) is 0 Å². The van der Waals surface area contributed by atoms with Crippen LogP contribution in [0.4, 0.5) is 5.69 Å². The number of anilines is 1. The van der Waals surface area contributed by atoms with Crippen molar-refractivity contribution < 1.29 is 10.1 Å². The number of hydrogen-bond acceptors (Lipinski definition) is 1. The summed E-state index contributed by atoms with van der Waals surface area (Å²) < 4.78 is 0. The summed E-state index contributed by atoms with van der Waals surface area (Å²) in [7, 11) is 0. The van der Waals surface area contributed by atoms with Gasteiger partial charge in [0.15, 0.2) is 6.04 Å². The fourth-order valence-electron chi connectivity index (χ4n) is 3.02. The molecule has 0 fully saturated rings. The average molecular weight is 345 g/mol. The van der Waals surface area contributed by atoms with E-state index in [9.17, 15) is 4.79 Å². The highest BCUT2D eigenvalue weighted by Gasteiger charge is 2.27. The molecule has 0 heterocycles. The smallest absolute Gasteiger partial charge is 0.287 e. The molecule has 0 bridgehead atoms.